The summed E-state index contributed by atoms with van der Waals surface area (Å²) >= 11 is 0. The molecule has 96 valence electrons. The molecular formula is C14H29NO. The van der Waals surface area contributed by atoms with Crippen molar-refractivity contribution in [1.29, 1.82) is 0 Å². The Kier molecular flexibility index (Phi) is 7.06. The third kappa shape index (κ3) is 4.42. The molecule has 16 heavy (non-hydrogen) atoms. The average Bonchev–Trinajstić information content (AvgIpc) is 2.55. The highest BCUT2D eigenvalue weighted by atomic mass is 16.5. The summed E-state index contributed by atoms with van der Waals surface area (Å²) in [6, 6.07) is 0.591. The summed E-state index contributed by atoms with van der Waals surface area (Å²) in [7, 11) is 1.86. The minimum atomic E-state index is 0.442. The van der Waals surface area contributed by atoms with E-state index in [0.717, 1.165) is 12.5 Å². The first-order valence-corrected chi connectivity index (χ1v) is 7.07. The standard InChI is InChI=1S/C14H29NO/c1-4-12(5-2)11-15-13-9-7-6-8-10-14(13)16-3/h12-15H,4-11H2,1-3H3. The molecule has 2 atom stereocenters. The largest absolute Gasteiger partial charge is 0.380 e. The van der Waals surface area contributed by atoms with Crippen molar-refractivity contribution >= 4 is 0 Å². The Hall–Kier alpha value is -0.0800. The molecule has 0 radical (unpaired) electrons. The summed E-state index contributed by atoms with van der Waals surface area (Å²) in [5, 5.41) is 3.74. The molecular weight excluding hydrogens is 198 g/mol. The monoisotopic (exact) mass is 227 g/mol. The summed E-state index contributed by atoms with van der Waals surface area (Å²) in [5.41, 5.74) is 0. The van der Waals surface area contributed by atoms with Crippen molar-refractivity contribution in [2.24, 2.45) is 5.92 Å². The van der Waals surface area contributed by atoms with Gasteiger partial charge in [-0.1, -0.05) is 46.0 Å². The number of rotatable bonds is 6. The maximum Gasteiger partial charge on any atom is 0.0724 e. The van der Waals surface area contributed by atoms with Gasteiger partial charge in [0.1, 0.15) is 0 Å². The minimum absolute atomic E-state index is 0.442. The third-order valence-corrected chi connectivity index (χ3v) is 4.08. The summed E-state index contributed by atoms with van der Waals surface area (Å²) in [6.45, 7) is 5.74. The molecule has 0 aromatic carbocycles. The van der Waals surface area contributed by atoms with Crippen LogP contribution in [0.3, 0.4) is 0 Å². The van der Waals surface area contributed by atoms with Crippen LogP contribution < -0.4 is 5.32 Å². The van der Waals surface area contributed by atoms with Gasteiger partial charge in [0.05, 0.1) is 6.10 Å². The Morgan fingerprint density at radius 1 is 1.12 bits per heavy atom. The van der Waals surface area contributed by atoms with E-state index in [0.29, 0.717) is 12.1 Å². The van der Waals surface area contributed by atoms with E-state index in [4.69, 9.17) is 4.74 Å². The number of hydrogen-bond acceptors (Lipinski definition) is 2. The highest BCUT2D eigenvalue weighted by Gasteiger charge is 2.23. The van der Waals surface area contributed by atoms with Crippen LogP contribution in [-0.2, 0) is 4.74 Å². The summed E-state index contributed by atoms with van der Waals surface area (Å²) < 4.78 is 5.62. The summed E-state index contributed by atoms with van der Waals surface area (Å²) in [4.78, 5) is 0. The zero-order valence-electron chi connectivity index (χ0n) is 11.3. The van der Waals surface area contributed by atoms with E-state index in [2.05, 4.69) is 19.2 Å². The van der Waals surface area contributed by atoms with Crippen LogP contribution in [0.25, 0.3) is 0 Å². The van der Waals surface area contributed by atoms with Crippen LogP contribution >= 0.6 is 0 Å². The normalized spacial score (nSPS) is 27.0. The molecule has 0 aromatic heterocycles. The summed E-state index contributed by atoms with van der Waals surface area (Å²) in [5.74, 6) is 0.834. The van der Waals surface area contributed by atoms with Gasteiger partial charge < -0.3 is 10.1 Å². The fraction of sp³-hybridized carbons (Fsp3) is 1.00. The van der Waals surface area contributed by atoms with E-state index in [-0.39, 0.29) is 0 Å². The SMILES string of the molecule is CCC(CC)CNC1CCCCCC1OC. The lowest BCUT2D eigenvalue weighted by atomic mass is 10.0. The van der Waals surface area contributed by atoms with Gasteiger partial charge in [-0.25, -0.2) is 0 Å². The van der Waals surface area contributed by atoms with Gasteiger partial charge in [-0.3, -0.25) is 0 Å². The van der Waals surface area contributed by atoms with Gasteiger partial charge in [-0.15, -0.1) is 0 Å². The second-order valence-corrected chi connectivity index (χ2v) is 5.11. The molecule has 2 nitrogen and oxygen atoms in total. The first kappa shape index (κ1) is 14.0. The van der Waals surface area contributed by atoms with Crippen LogP contribution in [0, 0.1) is 5.92 Å². The quantitative estimate of drug-likeness (QED) is 0.703. The minimum Gasteiger partial charge on any atom is -0.380 e. The van der Waals surface area contributed by atoms with E-state index in [1.54, 1.807) is 0 Å². The lowest BCUT2D eigenvalue weighted by Crippen LogP contribution is -2.42. The molecule has 0 amide bonds. The Labute approximate surface area is 101 Å². The molecule has 0 aromatic rings. The molecule has 1 fully saturated rings. The lowest BCUT2D eigenvalue weighted by molar-refractivity contribution is 0.0616. The van der Waals surface area contributed by atoms with Crippen molar-refractivity contribution in [3.05, 3.63) is 0 Å². The maximum absolute atomic E-state index is 5.62. The van der Waals surface area contributed by atoms with E-state index < -0.39 is 0 Å². The van der Waals surface area contributed by atoms with Crippen molar-refractivity contribution in [2.75, 3.05) is 13.7 Å². The van der Waals surface area contributed by atoms with Gasteiger partial charge in [0.25, 0.3) is 0 Å². The first-order valence-electron chi connectivity index (χ1n) is 7.07. The van der Waals surface area contributed by atoms with Gasteiger partial charge >= 0.3 is 0 Å². The molecule has 1 saturated carbocycles. The van der Waals surface area contributed by atoms with Crippen molar-refractivity contribution in [2.45, 2.75) is 70.9 Å². The molecule has 1 aliphatic carbocycles. The van der Waals surface area contributed by atoms with Crippen molar-refractivity contribution in [1.82, 2.24) is 5.32 Å². The number of nitrogens with one attached hydrogen (secondary N) is 1. The topological polar surface area (TPSA) is 21.3 Å². The first-order chi connectivity index (χ1) is 7.81. The average molecular weight is 227 g/mol. The predicted octanol–water partition coefficient (Wildman–Crippen LogP) is 3.36. The maximum atomic E-state index is 5.62. The van der Waals surface area contributed by atoms with Crippen LogP contribution in [-0.4, -0.2) is 25.8 Å². The fourth-order valence-corrected chi connectivity index (χ4v) is 2.68. The van der Waals surface area contributed by atoms with Gasteiger partial charge in [-0.2, -0.15) is 0 Å². The fourth-order valence-electron chi connectivity index (χ4n) is 2.68. The molecule has 1 rings (SSSR count). The van der Waals surface area contributed by atoms with Crippen LogP contribution in [0.1, 0.15) is 58.8 Å². The molecule has 2 unspecified atom stereocenters. The lowest BCUT2D eigenvalue weighted by Gasteiger charge is -2.27. The van der Waals surface area contributed by atoms with E-state index in [1.807, 2.05) is 7.11 Å². The third-order valence-electron chi connectivity index (χ3n) is 4.08. The highest BCUT2D eigenvalue weighted by molar-refractivity contribution is 4.80. The smallest absolute Gasteiger partial charge is 0.0724 e. The van der Waals surface area contributed by atoms with Crippen molar-refractivity contribution in [3.8, 4) is 0 Å². The van der Waals surface area contributed by atoms with Crippen molar-refractivity contribution < 1.29 is 4.74 Å². The Morgan fingerprint density at radius 3 is 2.44 bits per heavy atom. The zero-order chi connectivity index (χ0) is 11.8. The number of hydrogen-bond donors (Lipinski definition) is 1. The van der Waals surface area contributed by atoms with Crippen LogP contribution in [0.4, 0.5) is 0 Å². The van der Waals surface area contributed by atoms with Gasteiger partial charge in [0.15, 0.2) is 0 Å². The molecule has 0 spiro atoms. The highest BCUT2D eigenvalue weighted by Crippen LogP contribution is 2.20. The van der Waals surface area contributed by atoms with Crippen LogP contribution in [0.15, 0.2) is 0 Å². The van der Waals surface area contributed by atoms with Gasteiger partial charge in [0, 0.05) is 13.2 Å². The molecule has 1 aliphatic rings. The van der Waals surface area contributed by atoms with E-state index >= 15 is 0 Å². The predicted molar refractivity (Wildman–Crippen MR) is 69.7 cm³/mol. The zero-order valence-corrected chi connectivity index (χ0v) is 11.3. The Bertz CT molecular complexity index is 168. The van der Waals surface area contributed by atoms with Crippen LogP contribution in [0.2, 0.25) is 0 Å². The molecule has 0 bridgehead atoms. The molecule has 0 saturated heterocycles. The second kappa shape index (κ2) is 8.08. The van der Waals surface area contributed by atoms with Crippen LogP contribution in [0.5, 0.6) is 0 Å². The Balaban J connectivity index is 2.36. The second-order valence-electron chi connectivity index (χ2n) is 5.11. The van der Waals surface area contributed by atoms with Gasteiger partial charge in [0.2, 0.25) is 0 Å². The molecule has 0 heterocycles. The molecule has 2 heteroatoms. The molecule has 1 N–H and O–H groups in total. The van der Waals surface area contributed by atoms with Crippen molar-refractivity contribution in [3.63, 3.8) is 0 Å². The Morgan fingerprint density at radius 2 is 1.81 bits per heavy atom. The van der Waals surface area contributed by atoms with E-state index in [1.165, 1.54) is 44.9 Å². The summed E-state index contributed by atoms with van der Waals surface area (Å²) in [6.07, 6.45) is 9.61. The number of methoxy groups -OCH3 is 1. The number of ether oxygens (including phenoxy) is 1. The van der Waals surface area contributed by atoms with E-state index in [9.17, 15) is 0 Å². The molecule has 0 aliphatic heterocycles. The van der Waals surface area contributed by atoms with Gasteiger partial charge in [-0.05, 0) is 25.3 Å².